The number of carbonyl (C=O) groups is 1. The van der Waals surface area contributed by atoms with Gasteiger partial charge in [-0.25, -0.2) is 0 Å². The van der Waals surface area contributed by atoms with Crippen LogP contribution in [0.25, 0.3) is 0 Å². The van der Waals surface area contributed by atoms with Crippen LogP contribution in [-0.2, 0) is 4.79 Å². The van der Waals surface area contributed by atoms with Crippen LogP contribution in [0.2, 0.25) is 0 Å². The molecule has 0 saturated heterocycles. The molecule has 0 aliphatic carbocycles. The summed E-state index contributed by atoms with van der Waals surface area (Å²) in [6.45, 7) is 1.29. The van der Waals surface area contributed by atoms with E-state index in [1.807, 2.05) is 0 Å². The Hall–Kier alpha value is -0.530. The van der Waals surface area contributed by atoms with Crippen LogP contribution in [0.5, 0.6) is 0 Å². The molecule has 0 aromatic heterocycles. The molecule has 0 aliphatic heterocycles. The molecule has 5 N–H and O–H groups in total. The number of rotatable bonds is 5. The summed E-state index contributed by atoms with van der Waals surface area (Å²) in [7, 11) is 0. The van der Waals surface area contributed by atoms with E-state index in [1.165, 1.54) is 0 Å². The minimum absolute atomic E-state index is 0.741. The molecule has 4 atom stereocenters. The zero-order chi connectivity index (χ0) is 11.5. The molecule has 0 aromatic carbocycles. The maximum atomic E-state index is 10.9. The van der Waals surface area contributed by atoms with Gasteiger partial charge in [0, 0.05) is 0 Å². The summed E-state index contributed by atoms with van der Waals surface area (Å²) >= 11 is 0. The minimum Gasteiger partial charge on any atom is -0.394 e. The first-order valence-corrected chi connectivity index (χ1v) is 4.13. The van der Waals surface area contributed by atoms with Crippen LogP contribution in [0.15, 0.2) is 0 Å². The molecule has 0 fully saturated rings. The van der Waals surface area contributed by atoms with Crippen LogP contribution >= 0.6 is 0 Å². The van der Waals surface area contributed by atoms with E-state index in [0.717, 1.165) is 13.8 Å². The molecule has 14 heavy (non-hydrogen) atoms. The monoisotopic (exact) mass is 208 g/mol. The van der Waals surface area contributed by atoms with Gasteiger partial charge in [0.25, 0.3) is 0 Å². The fourth-order valence-electron chi connectivity index (χ4n) is 0.859. The van der Waals surface area contributed by atoms with E-state index in [9.17, 15) is 20.1 Å². The van der Waals surface area contributed by atoms with Gasteiger partial charge in [-0.15, -0.1) is 0 Å². The smallest absolute Gasteiger partial charge is 0.163 e. The highest BCUT2D eigenvalue weighted by Crippen LogP contribution is 2.16. The second-order valence-corrected chi connectivity index (χ2v) is 3.39. The number of hydrogen-bond donors (Lipinski definition) is 5. The first-order valence-electron chi connectivity index (χ1n) is 4.13. The molecule has 0 amide bonds. The zero-order valence-electron chi connectivity index (χ0n) is 8.08. The standard InChI is InChI=1S/C8H16O6/c1-4(10)8(2,14)7(13)6(12)5(11)3-9/h5-7,9,11-14H,3H2,1-2H3. The lowest BCUT2D eigenvalue weighted by Crippen LogP contribution is -2.55. The van der Waals surface area contributed by atoms with Gasteiger partial charge in [0.15, 0.2) is 5.78 Å². The van der Waals surface area contributed by atoms with Crippen molar-refractivity contribution in [1.29, 1.82) is 0 Å². The molecule has 84 valence electrons. The summed E-state index contributed by atoms with van der Waals surface area (Å²) in [4.78, 5) is 10.9. The highest BCUT2D eigenvalue weighted by atomic mass is 16.4. The third kappa shape index (κ3) is 2.73. The van der Waals surface area contributed by atoms with Gasteiger partial charge in [-0.05, 0) is 13.8 Å². The fourth-order valence-corrected chi connectivity index (χ4v) is 0.859. The molecule has 0 radical (unpaired) electrons. The molecule has 0 heterocycles. The summed E-state index contributed by atoms with van der Waals surface area (Å²) in [5.74, 6) is -0.741. The number of ketones is 1. The van der Waals surface area contributed by atoms with Gasteiger partial charge in [-0.1, -0.05) is 0 Å². The number of aliphatic hydroxyl groups is 5. The average molecular weight is 208 g/mol. The Morgan fingerprint density at radius 3 is 2.07 bits per heavy atom. The zero-order valence-corrected chi connectivity index (χ0v) is 8.08. The quantitative estimate of drug-likeness (QED) is 0.338. The molecule has 4 unspecified atom stereocenters. The SMILES string of the molecule is CC(=O)C(C)(O)C(O)C(O)C(O)CO. The van der Waals surface area contributed by atoms with Gasteiger partial charge < -0.3 is 25.5 Å². The maximum Gasteiger partial charge on any atom is 0.163 e. The van der Waals surface area contributed by atoms with Gasteiger partial charge in [-0.2, -0.15) is 0 Å². The van der Waals surface area contributed by atoms with E-state index < -0.39 is 36.3 Å². The summed E-state index contributed by atoms with van der Waals surface area (Å²) in [6.07, 6.45) is -5.23. The van der Waals surface area contributed by atoms with Crippen molar-refractivity contribution in [3.63, 3.8) is 0 Å². The number of carbonyl (C=O) groups excluding carboxylic acids is 1. The number of aliphatic hydroxyl groups excluding tert-OH is 4. The fraction of sp³-hybridized carbons (Fsp3) is 0.875. The van der Waals surface area contributed by atoms with Crippen LogP contribution in [0.1, 0.15) is 13.8 Å². The first kappa shape index (κ1) is 13.5. The van der Waals surface area contributed by atoms with Crippen molar-refractivity contribution in [3.8, 4) is 0 Å². The number of hydrogen-bond acceptors (Lipinski definition) is 6. The van der Waals surface area contributed by atoms with Crippen LogP contribution in [0.4, 0.5) is 0 Å². The molecule has 0 aliphatic rings. The Labute approximate surface area is 81.4 Å². The molecule has 0 rings (SSSR count). The van der Waals surface area contributed by atoms with Crippen molar-refractivity contribution in [2.45, 2.75) is 37.8 Å². The van der Waals surface area contributed by atoms with E-state index in [2.05, 4.69) is 0 Å². The molecular weight excluding hydrogens is 192 g/mol. The van der Waals surface area contributed by atoms with E-state index in [0.29, 0.717) is 0 Å². The Bertz CT molecular complexity index is 202. The van der Waals surface area contributed by atoms with E-state index >= 15 is 0 Å². The van der Waals surface area contributed by atoms with E-state index in [-0.39, 0.29) is 0 Å². The summed E-state index contributed by atoms with van der Waals surface area (Å²) in [6, 6.07) is 0. The Kier molecular flexibility index (Phi) is 4.63. The van der Waals surface area contributed by atoms with Crippen molar-refractivity contribution >= 4 is 5.78 Å². The third-order valence-electron chi connectivity index (χ3n) is 2.19. The van der Waals surface area contributed by atoms with Crippen molar-refractivity contribution in [3.05, 3.63) is 0 Å². The molecule has 0 bridgehead atoms. The lowest BCUT2D eigenvalue weighted by atomic mass is 9.89. The second-order valence-electron chi connectivity index (χ2n) is 3.39. The maximum absolute atomic E-state index is 10.9. The topological polar surface area (TPSA) is 118 Å². The Morgan fingerprint density at radius 1 is 1.36 bits per heavy atom. The first-order chi connectivity index (χ1) is 6.25. The molecular formula is C8H16O6. The molecule has 0 spiro atoms. The Balaban J connectivity index is 4.60. The highest BCUT2D eigenvalue weighted by Gasteiger charge is 2.42. The second kappa shape index (κ2) is 4.81. The molecule has 0 saturated carbocycles. The lowest BCUT2D eigenvalue weighted by molar-refractivity contribution is -0.168. The lowest BCUT2D eigenvalue weighted by Gasteiger charge is -2.31. The summed E-state index contributed by atoms with van der Waals surface area (Å²) in [5.41, 5.74) is -2.14. The van der Waals surface area contributed by atoms with Crippen LogP contribution in [-0.4, -0.2) is 61.8 Å². The van der Waals surface area contributed by atoms with Gasteiger partial charge >= 0.3 is 0 Å². The van der Waals surface area contributed by atoms with Crippen molar-refractivity contribution in [2.24, 2.45) is 0 Å². The summed E-state index contributed by atoms with van der Waals surface area (Å²) < 4.78 is 0. The molecule has 0 aromatic rings. The number of Topliss-reactive ketones (excluding diaryl/α,β-unsaturated/α-hetero) is 1. The van der Waals surface area contributed by atoms with Crippen LogP contribution in [0, 0.1) is 0 Å². The van der Waals surface area contributed by atoms with Gasteiger partial charge in [0.2, 0.25) is 0 Å². The highest BCUT2D eigenvalue weighted by molar-refractivity contribution is 5.84. The van der Waals surface area contributed by atoms with Crippen LogP contribution in [0.3, 0.4) is 0 Å². The summed E-state index contributed by atoms with van der Waals surface area (Å²) in [5, 5.41) is 45.4. The Morgan fingerprint density at radius 2 is 1.79 bits per heavy atom. The third-order valence-corrected chi connectivity index (χ3v) is 2.19. The van der Waals surface area contributed by atoms with E-state index in [1.54, 1.807) is 0 Å². The normalized spacial score (nSPS) is 22.2. The van der Waals surface area contributed by atoms with Gasteiger partial charge in [-0.3, -0.25) is 4.79 Å². The predicted molar refractivity (Wildman–Crippen MR) is 46.4 cm³/mol. The van der Waals surface area contributed by atoms with Gasteiger partial charge in [0.1, 0.15) is 23.9 Å². The molecule has 6 heteroatoms. The van der Waals surface area contributed by atoms with Crippen molar-refractivity contribution in [2.75, 3.05) is 6.61 Å². The largest absolute Gasteiger partial charge is 0.394 e. The average Bonchev–Trinajstić information content (AvgIpc) is 2.13. The molecule has 6 nitrogen and oxygen atoms in total. The van der Waals surface area contributed by atoms with E-state index in [4.69, 9.17) is 10.2 Å². The minimum atomic E-state index is -2.14. The predicted octanol–water partition coefficient (Wildman–Crippen LogP) is -2.60. The van der Waals surface area contributed by atoms with Crippen molar-refractivity contribution < 1.29 is 30.3 Å². The van der Waals surface area contributed by atoms with Crippen molar-refractivity contribution in [1.82, 2.24) is 0 Å². The van der Waals surface area contributed by atoms with Crippen LogP contribution < -0.4 is 0 Å². The van der Waals surface area contributed by atoms with Gasteiger partial charge in [0.05, 0.1) is 6.61 Å².